The molecular formula is C22H27N3O2S2. The van der Waals surface area contributed by atoms with Crippen LogP contribution in [0.2, 0.25) is 0 Å². The van der Waals surface area contributed by atoms with Crippen molar-refractivity contribution in [1.29, 1.82) is 0 Å². The molecule has 4 rings (SSSR count). The predicted molar refractivity (Wildman–Crippen MR) is 118 cm³/mol. The molecular weight excluding hydrogens is 402 g/mol. The van der Waals surface area contributed by atoms with Crippen LogP contribution in [0, 0.1) is 0 Å². The SMILES string of the molecule is COc1ccccc1OCCSc1nnc(Cc2cccs2)n1C1CCCCC1. The Morgan fingerprint density at radius 1 is 1.07 bits per heavy atom. The maximum atomic E-state index is 5.93. The number of methoxy groups -OCH3 is 1. The summed E-state index contributed by atoms with van der Waals surface area (Å²) in [5, 5.41) is 12.3. The van der Waals surface area contributed by atoms with Crippen molar-refractivity contribution < 1.29 is 9.47 Å². The van der Waals surface area contributed by atoms with Crippen molar-refractivity contribution in [3.63, 3.8) is 0 Å². The fourth-order valence-electron chi connectivity index (χ4n) is 3.82. The molecule has 29 heavy (non-hydrogen) atoms. The average molecular weight is 430 g/mol. The van der Waals surface area contributed by atoms with Crippen LogP contribution >= 0.6 is 23.1 Å². The maximum Gasteiger partial charge on any atom is 0.191 e. The zero-order chi connectivity index (χ0) is 19.9. The van der Waals surface area contributed by atoms with Gasteiger partial charge in [-0.2, -0.15) is 0 Å². The first-order valence-corrected chi connectivity index (χ1v) is 12.1. The van der Waals surface area contributed by atoms with Gasteiger partial charge >= 0.3 is 0 Å². The van der Waals surface area contributed by atoms with Crippen LogP contribution in [0.1, 0.15) is 48.8 Å². The molecule has 1 aliphatic carbocycles. The van der Waals surface area contributed by atoms with Crippen molar-refractivity contribution >= 4 is 23.1 Å². The first-order chi connectivity index (χ1) is 14.3. The number of hydrogen-bond donors (Lipinski definition) is 0. The van der Waals surface area contributed by atoms with Crippen molar-refractivity contribution in [2.45, 2.75) is 49.7 Å². The topological polar surface area (TPSA) is 49.2 Å². The summed E-state index contributed by atoms with van der Waals surface area (Å²) >= 11 is 3.52. The van der Waals surface area contributed by atoms with Crippen molar-refractivity contribution in [3.8, 4) is 11.5 Å². The van der Waals surface area contributed by atoms with E-state index in [9.17, 15) is 0 Å². The number of para-hydroxylation sites is 2. The monoisotopic (exact) mass is 429 g/mol. The molecule has 0 atom stereocenters. The first kappa shape index (κ1) is 20.3. The molecule has 5 nitrogen and oxygen atoms in total. The lowest BCUT2D eigenvalue weighted by Crippen LogP contribution is -2.17. The quantitative estimate of drug-likeness (QED) is 0.327. The van der Waals surface area contributed by atoms with E-state index in [1.165, 1.54) is 37.0 Å². The predicted octanol–water partition coefficient (Wildman–Crippen LogP) is 5.62. The number of nitrogens with zero attached hydrogens (tertiary/aromatic N) is 3. The van der Waals surface area contributed by atoms with Gasteiger partial charge in [0.15, 0.2) is 16.7 Å². The van der Waals surface area contributed by atoms with Gasteiger partial charge in [0.1, 0.15) is 5.82 Å². The van der Waals surface area contributed by atoms with E-state index in [0.717, 1.165) is 34.7 Å². The fourth-order valence-corrected chi connectivity index (χ4v) is 5.37. The molecule has 0 spiro atoms. The van der Waals surface area contributed by atoms with Gasteiger partial charge in [0.05, 0.1) is 13.7 Å². The Kier molecular flexibility index (Phi) is 7.11. The third kappa shape index (κ3) is 5.14. The second kappa shape index (κ2) is 10.2. The lowest BCUT2D eigenvalue weighted by atomic mass is 9.95. The Morgan fingerprint density at radius 2 is 1.90 bits per heavy atom. The van der Waals surface area contributed by atoms with Crippen molar-refractivity contribution in [2.24, 2.45) is 0 Å². The molecule has 2 aromatic heterocycles. The van der Waals surface area contributed by atoms with Gasteiger partial charge in [0.25, 0.3) is 0 Å². The summed E-state index contributed by atoms with van der Waals surface area (Å²) in [5.41, 5.74) is 0. The number of rotatable bonds is 9. The summed E-state index contributed by atoms with van der Waals surface area (Å²) < 4.78 is 13.7. The molecule has 0 radical (unpaired) electrons. The molecule has 0 saturated heterocycles. The number of thioether (sulfide) groups is 1. The van der Waals surface area contributed by atoms with Crippen molar-refractivity contribution in [1.82, 2.24) is 14.8 Å². The molecule has 0 N–H and O–H groups in total. The molecule has 1 aliphatic rings. The third-order valence-electron chi connectivity index (χ3n) is 5.23. The highest BCUT2D eigenvalue weighted by Crippen LogP contribution is 2.33. The molecule has 7 heteroatoms. The molecule has 3 aromatic rings. The molecule has 1 aromatic carbocycles. The van der Waals surface area contributed by atoms with Gasteiger partial charge in [0, 0.05) is 23.1 Å². The van der Waals surface area contributed by atoms with Crippen LogP contribution in [-0.4, -0.2) is 34.2 Å². The van der Waals surface area contributed by atoms with E-state index in [0.29, 0.717) is 12.6 Å². The Bertz CT molecular complexity index is 889. The van der Waals surface area contributed by atoms with Crippen LogP contribution in [0.25, 0.3) is 0 Å². The molecule has 0 aliphatic heterocycles. The van der Waals surface area contributed by atoms with E-state index in [-0.39, 0.29) is 0 Å². The Hall–Kier alpha value is -1.99. The minimum absolute atomic E-state index is 0.520. The standard InChI is InChI=1S/C22H27N3O2S2/c1-26-19-11-5-6-12-20(19)27-13-15-29-22-24-23-21(16-18-10-7-14-28-18)25(22)17-8-3-2-4-9-17/h5-7,10-12,14,17H,2-4,8-9,13,15-16H2,1H3. The molecule has 154 valence electrons. The molecule has 2 heterocycles. The highest BCUT2D eigenvalue weighted by Gasteiger charge is 2.23. The first-order valence-electron chi connectivity index (χ1n) is 10.2. The van der Waals surface area contributed by atoms with Crippen molar-refractivity contribution in [2.75, 3.05) is 19.5 Å². The summed E-state index contributed by atoms with van der Waals surface area (Å²) in [6, 6.07) is 12.6. The number of hydrogen-bond acceptors (Lipinski definition) is 6. The summed E-state index contributed by atoms with van der Waals surface area (Å²) in [7, 11) is 1.67. The zero-order valence-corrected chi connectivity index (χ0v) is 18.4. The second-order valence-electron chi connectivity index (χ2n) is 7.16. The Balaban J connectivity index is 1.42. The zero-order valence-electron chi connectivity index (χ0n) is 16.8. The highest BCUT2D eigenvalue weighted by molar-refractivity contribution is 7.99. The highest BCUT2D eigenvalue weighted by atomic mass is 32.2. The number of ether oxygens (including phenoxy) is 2. The summed E-state index contributed by atoms with van der Waals surface area (Å²) in [4.78, 5) is 1.34. The van der Waals surface area contributed by atoms with Crippen LogP contribution in [0.5, 0.6) is 11.5 Å². The maximum absolute atomic E-state index is 5.93. The minimum atomic E-state index is 0.520. The Morgan fingerprint density at radius 3 is 2.66 bits per heavy atom. The van der Waals surface area contributed by atoms with Gasteiger partial charge in [-0.3, -0.25) is 0 Å². The van der Waals surface area contributed by atoms with E-state index >= 15 is 0 Å². The fraction of sp³-hybridized carbons (Fsp3) is 0.455. The lowest BCUT2D eigenvalue weighted by Gasteiger charge is -2.25. The summed E-state index contributed by atoms with van der Waals surface area (Å²) in [6.45, 7) is 0.600. The molecule has 0 amide bonds. The van der Waals surface area contributed by atoms with Crippen LogP contribution in [0.4, 0.5) is 0 Å². The molecule has 0 unspecified atom stereocenters. The van der Waals surface area contributed by atoms with Gasteiger partial charge < -0.3 is 14.0 Å². The second-order valence-corrected chi connectivity index (χ2v) is 9.26. The van der Waals surface area contributed by atoms with E-state index < -0.39 is 0 Å². The van der Waals surface area contributed by atoms with Gasteiger partial charge in [-0.05, 0) is 36.4 Å². The van der Waals surface area contributed by atoms with E-state index in [1.807, 2.05) is 24.3 Å². The molecule has 0 bridgehead atoms. The largest absolute Gasteiger partial charge is 0.493 e. The van der Waals surface area contributed by atoms with E-state index in [4.69, 9.17) is 9.47 Å². The molecule has 1 saturated carbocycles. The number of benzene rings is 1. The number of aromatic nitrogens is 3. The van der Waals surface area contributed by atoms with E-state index in [2.05, 4.69) is 32.3 Å². The lowest BCUT2D eigenvalue weighted by molar-refractivity contribution is 0.313. The normalized spacial score (nSPS) is 14.8. The van der Waals surface area contributed by atoms with Gasteiger partial charge in [-0.25, -0.2) is 0 Å². The summed E-state index contributed by atoms with van der Waals surface area (Å²) in [5.74, 6) is 3.46. The van der Waals surface area contributed by atoms with Gasteiger partial charge in [0.2, 0.25) is 0 Å². The minimum Gasteiger partial charge on any atom is -0.493 e. The van der Waals surface area contributed by atoms with Crippen LogP contribution in [0.3, 0.4) is 0 Å². The van der Waals surface area contributed by atoms with Crippen molar-refractivity contribution in [3.05, 3.63) is 52.5 Å². The smallest absolute Gasteiger partial charge is 0.191 e. The Labute approximate surface area is 180 Å². The summed E-state index contributed by atoms with van der Waals surface area (Å²) in [6.07, 6.45) is 7.24. The van der Waals surface area contributed by atoms with Gasteiger partial charge in [-0.15, -0.1) is 21.5 Å². The van der Waals surface area contributed by atoms with Crippen LogP contribution < -0.4 is 9.47 Å². The third-order valence-corrected chi connectivity index (χ3v) is 7.01. The average Bonchev–Trinajstić information content (AvgIpc) is 3.42. The van der Waals surface area contributed by atoms with E-state index in [1.54, 1.807) is 30.2 Å². The van der Waals surface area contributed by atoms with Crippen LogP contribution in [0.15, 0.2) is 46.9 Å². The van der Waals surface area contributed by atoms with Gasteiger partial charge in [-0.1, -0.05) is 49.2 Å². The number of thiophene rings is 1. The molecule has 1 fully saturated rings. The van der Waals surface area contributed by atoms with Crippen LogP contribution in [-0.2, 0) is 6.42 Å².